The van der Waals surface area contributed by atoms with Crippen molar-refractivity contribution in [2.45, 2.75) is 30.2 Å². The van der Waals surface area contributed by atoms with Crippen molar-refractivity contribution >= 4 is 20.9 Å². The van der Waals surface area contributed by atoms with Crippen LogP contribution in [0, 0.1) is 0 Å². The Morgan fingerprint density at radius 3 is 2.57 bits per heavy atom. The summed E-state index contributed by atoms with van der Waals surface area (Å²) in [5.41, 5.74) is 3.61. The summed E-state index contributed by atoms with van der Waals surface area (Å²) in [4.78, 5) is 3.76. The number of aromatic nitrogens is 1. The van der Waals surface area contributed by atoms with E-state index in [2.05, 4.69) is 21.8 Å². The summed E-state index contributed by atoms with van der Waals surface area (Å²) in [5.74, 6) is 0. The fourth-order valence-electron chi connectivity index (χ4n) is 3.37. The second-order valence-corrected chi connectivity index (χ2v) is 7.72. The molecule has 1 unspecified atom stereocenters. The van der Waals surface area contributed by atoms with Gasteiger partial charge in [-0.15, -0.1) is 0 Å². The highest BCUT2D eigenvalue weighted by molar-refractivity contribution is 7.89. The Hall–Kier alpha value is -2.11. The van der Waals surface area contributed by atoms with Crippen LogP contribution in [0.1, 0.15) is 17.7 Å². The molecule has 3 aromatic rings. The lowest BCUT2D eigenvalue weighted by atomic mass is 9.92. The van der Waals surface area contributed by atoms with Crippen molar-refractivity contribution in [3.05, 3.63) is 65.9 Å². The highest BCUT2D eigenvalue weighted by atomic mass is 32.2. The molecule has 0 radical (unpaired) electrons. The first kappa shape index (κ1) is 14.5. The molecule has 1 aliphatic carbocycles. The number of fused-ring (bicyclic) bond motifs is 3. The first-order valence-corrected chi connectivity index (χ1v) is 9.28. The van der Waals surface area contributed by atoms with Crippen molar-refractivity contribution in [3.8, 4) is 0 Å². The SMILES string of the molecule is O=S(=O)(NC1CCc2c([nH]c3ccccc23)C1)c1ccccc1. The van der Waals surface area contributed by atoms with Gasteiger partial charge in [0.15, 0.2) is 0 Å². The van der Waals surface area contributed by atoms with Gasteiger partial charge in [-0.1, -0.05) is 36.4 Å². The molecule has 23 heavy (non-hydrogen) atoms. The number of benzene rings is 2. The molecule has 0 spiro atoms. The normalized spacial score (nSPS) is 18.0. The molecule has 4 nitrogen and oxygen atoms in total. The molecule has 0 bridgehead atoms. The highest BCUT2D eigenvalue weighted by Gasteiger charge is 2.26. The Morgan fingerprint density at radius 2 is 1.74 bits per heavy atom. The minimum atomic E-state index is -3.46. The van der Waals surface area contributed by atoms with E-state index in [1.54, 1.807) is 24.3 Å². The Balaban J connectivity index is 1.59. The van der Waals surface area contributed by atoms with Crippen LogP contribution in [0.3, 0.4) is 0 Å². The van der Waals surface area contributed by atoms with Gasteiger partial charge >= 0.3 is 0 Å². The van der Waals surface area contributed by atoms with Gasteiger partial charge in [-0.2, -0.15) is 0 Å². The maximum atomic E-state index is 12.5. The van der Waals surface area contributed by atoms with Gasteiger partial charge in [-0.25, -0.2) is 13.1 Å². The first-order valence-electron chi connectivity index (χ1n) is 7.79. The number of para-hydroxylation sites is 1. The minimum Gasteiger partial charge on any atom is -0.358 e. The average Bonchev–Trinajstić information content (AvgIpc) is 2.93. The molecule has 1 aliphatic rings. The van der Waals surface area contributed by atoms with Gasteiger partial charge in [0.2, 0.25) is 10.0 Å². The summed E-state index contributed by atoms with van der Waals surface area (Å²) in [6.07, 6.45) is 2.41. The van der Waals surface area contributed by atoms with Crippen molar-refractivity contribution in [2.24, 2.45) is 0 Å². The zero-order chi connectivity index (χ0) is 15.9. The van der Waals surface area contributed by atoms with Crippen LogP contribution in [0.2, 0.25) is 0 Å². The molecule has 0 saturated heterocycles. The lowest BCUT2D eigenvalue weighted by Crippen LogP contribution is -2.38. The largest absolute Gasteiger partial charge is 0.358 e. The number of rotatable bonds is 3. The van der Waals surface area contributed by atoms with Crippen molar-refractivity contribution in [2.75, 3.05) is 0 Å². The second kappa shape index (κ2) is 5.51. The average molecular weight is 326 g/mol. The third kappa shape index (κ3) is 2.66. The predicted molar refractivity (Wildman–Crippen MR) is 90.9 cm³/mol. The molecule has 1 aromatic heterocycles. The van der Waals surface area contributed by atoms with E-state index in [0.29, 0.717) is 11.3 Å². The van der Waals surface area contributed by atoms with Gasteiger partial charge in [0.1, 0.15) is 0 Å². The zero-order valence-corrected chi connectivity index (χ0v) is 13.4. The number of hydrogen-bond donors (Lipinski definition) is 2. The summed E-state index contributed by atoms with van der Waals surface area (Å²) in [6.45, 7) is 0. The molecule has 1 atom stereocenters. The Kier molecular flexibility index (Phi) is 3.47. The molecule has 5 heteroatoms. The predicted octanol–water partition coefficient (Wildman–Crippen LogP) is 3.00. The fraction of sp³-hybridized carbons (Fsp3) is 0.222. The van der Waals surface area contributed by atoms with Crippen LogP contribution in [-0.2, 0) is 22.9 Å². The summed E-state index contributed by atoms with van der Waals surface area (Å²) in [7, 11) is -3.46. The van der Waals surface area contributed by atoms with Crippen LogP contribution >= 0.6 is 0 Å². The van der Waals surface area contributed by atoms with Gasteiger partial charge in [-0.05, 0) is 36.6 Å². The van der Waals surface area contributed by atoms with Crippen molar-refractivity contribution in [1.82, 2.24) is 9.71 Å². The molecular formula is C18H18N2O2S. The monoisotopic (exact) mass is 326 g/mol. The van der Waals surface area contributed by atoms with Crippen molar-refractivity contribution in [3.63, 3.8) is 0 Å². The maximum absolute atomic E-state index is 12.5. The smallest absolute Gasteiger partial charge is 0.240 e. The Bertz CT molecular complexity index is 946. The van der Waals surface area contributed by atoms with E-state index in [9.17, 15) is 8.42 Å². The van der Waals surface area contributed by atoms with E-state index in [1.807, 2.05) is 18.2 Å². The summed E-state index contributed by atoms with van der Waals surface area (Å²) >= 11 is 0. The lowest BCUT2D eigenvalue weighted by Gasteiger charge is -2.23. The summed E-state index contributed by atoms with van der Waals surface area (Å²) < 4.78 is 27.8. The van der Waals surface area contributed by atoms with Crippen LogP contribution < -0.4 is 4.72 Å². The minimum absolute atomic E-state index is 0.0687. The summed E-state index contributed by atoms with van der Waals surface area (Å²) in [5, 5.41) is 1.26. The van der Waals surface area contributed by atoms with Crippen LogP contribution in [0.4, 0.5) is 0 Å². The molecular weight excluding hydrogens is 308 g/mol. The van der Waals surface area contributed by atoms with Crippen LogP contribution in [0.5, 0.6) is 0 Å². The quantitative estimate of drug-likeness (QED) is 0.777. The van der Waals surface area contributed by atoms with Crippen LogP contribution in [0.25, 0.3) is 10.9 Å². The van der Waals surface area contributed by atoms with E-state index in [0.717, 1.165) is 24.1 Å². The highest BCUT2D eigenvalue weighted by Crippen LogP contribution is 2.29. The number of aryl methyl sites for hydroxylation is 1. The van der Waals surface area contributed by atoms with Gasteiger partial charge in [-0.3, -0.25) is 0 Å². The summed E-state index contributed by atoms with van der Waals surface area (Å²) in [6, 6.07) is 16.7. The second-order valence-electron chi connectivity index (χ2n) is 6.00. The van der Waals surface area contributed by atoms with Gasteiger partial charge < -0.3 is 4.98 Å². The van der Waals surface area contributed by atoms with Crippen molar-refractivity contribution < 1.29 is 8.42 Å². The lowest BCUT2D eigenvalue weighted by molar-refractivity contribution is 0.505. The number of sulfonamides is 1. The third-order valence-corrected chi connectivity index (χ3v) is 6.01. The number of hydrogen-bond acceptors (Lipinski definition) is 2. The molecule has 2 N–H and O–H groups in total. The fourth-order valence-corrected chi connectivity index (χ4v) is 4.66. The topological polar surface area (TPSA) is 62.0 Å². The Morgan fingerprint density at radius 1 is 1.00 bits per heavy atom. The zero-order valence-electron chi connectivity index (χ0n) is 12.6. The molecule has 0 saturated carbocycles. The number of aromatic amines is 1. The molecule has 4 rings (SSSR count). The molecule has 1 heterocycles. The first-order chi connectivity index (χ1) is 11.1. The Labute approximate surface area is 135 Å². The third-order valence-electron chi connectivity index (χ3n) is 4.47. The van der Waals surface area contributed by atoms with E-state index >= 15 is 0 Å². The molecule has 118 valence electrons. The van der Waals surface area contributed by atoms with Gasteiger partial charge in [0.25, 0.3) is 0 Å². The molecule has 0 amide bonds. The molecule has 0 aliphatic heterocycles. The van der Waals surface area contributed by atoms with E-state index < -0.39 is 10.0 Å². The van der Waals surface area contributed by atoms with Crippen LogP contribution in [0.15, 0.2) is 59.5 Å². The van der Waals surface area contributed by atoms with E-state index in [4.69, 9.17) is 0 Å². The van der Waals surface area contributed by atoms with Gasteiger partial charge in [0, 0.05) is 29.1 Å². The van der Waals surface area contributed by atoms with Crippen molar-refractivity contribution in [1.29, 1.82) is 0 Å². The number of nitrogens with one attached hydrogen (secondary N) is 2. The van der Waals surface area contributed by atoms with E-state index in [1.165, 1.54) is 10.9 Å². The molecule has 0 fully saturated rings. The van der Waals surface area contributed by atoms with E-state index in [-0.39, 0.29) is 6.04 Å². The maximum Gasteiger partial charge on any atom is 0.240 e. The van der Waals surface area contributed by atoms with Gasteiger partial charge in [0.05, 0.1) is 4.90 Å². The number of H-pyrrole nitrogens is 1. The molecule has 2 aromatic carbocycles. The standard InChI is InChI=1S/C18H18N2O2S/c21-23(22,14-6-2-1-3-7-14)20-13-10-11-16-15-8-4-5-9-17(15)19-18(16)12-13/h1-9,13,19-20H,10-12H2. The van der Waals surface area contributed by atoms with Crippen LogP contribution in [-0.4, -0.2) is 19.4 Å².